The van der Waals surface area contributed by atoms with E-state index in [9.17, 15) is 8.42 Å². The van der Waals surface area contributed by atoms with Gasteiger partial charge in [0, 0.05) is 24.2 Å². The van der Waals surface area contributed by atoms with E-state index in [1.165, 1.54) is 0 Å². The van der Waals surface area contributed by atoms with Crippen LogP contribution in [0.1, 0.15) is 18.4 Å². The average molecular weight is 282 g/mol. The molecule has 0 aliphatic carbocycles. The summed E-state index contributed by atoms with van der Waals surface area (Å²) in [5.41, 5.74) is 6.53. The predicted octanol–water partition coefficient (Wildman–Crippen LogP) is 0.566. The van der Waals surface area contributed by atoms with Crippen molar-refractivity contribution in [3.05, 3.63) is 30.4 Å². The van der Waals surface area contributed by atoms with Gasteiger partial charge in [0.2, 0.25) is 11.7 Å². The highest BCUT2D eigenvalue weighted by Crippen LogP contribution is 2.18. The number of hydrogen-bond donors (Lipinski definition) is 1. The Kier molecular flexibility index (Phi) is 3.91. The van der Waals surface area contributed by atoms with Crippen LogP contribution in [-0.2, 0) is 9.84 Å². The second-order valence-electron chi connectivity index (χ2n) is 4.22. The van der Waals surface area contributed by atoms with Crippen molar-refractivity contribution in [1.29, 1.82) is 0 Å². The van der Waals surface area contributed by atoms with Crippen LogP contribution in [0.2, 0.25) is 0 Å². The molecule has 2 N–H and O–H groups in total. The van der Waals surface area contributed by atoms with Gasteiger partial charge in [0.1, 0.15) is 9.84 Å². The van der Waals surface area contributed by atoms with Crippen molar-refractivity contribution in [2.24, 2.45) is 5.73 Å². The fourth-order valence-electron chi connectivity index (χ4n) is 1.46. The van der Waals surface area contributed by atoms with Crippen LogP contribution in [0.3, 0.4) is 0 Å². The lowest BCUT2D eigenvalue weighted by atomic mass is 10.2. The van der Waals surface area contributed by atoms with Crippen LogP contribution < -0.4 is 5.73 Å². The van der Waals surface area contributed by atoms with Crippen molar-refractivity contribution in [2.75, 3.05) is 12.0 Å². The number of rotatable bonds is 5. The first-order valence-corrected chi connectivity index (χ1v) is 7.69. The molecular weight excluding hydrogens is 268 g/mol. The van der Waals surface area contributed by atoms with E-state index in [2.05, 4.69) is 15.1 Å². The molecule has 0 unspecified atom stereocenters. The molecule has 2 aromatic rings. The van der Waals surface area contributed by atoms with Crippen molar-refractivity contribution in [3.8, 4) is 11.4 Å². The Labute approximate surface area is 110 Å². The lowest BCUT2D eigenvalue weighted by Crippen LogP contribution is -2.16. The summed E-state index contributed by atoms with van der Waals surface area (Å²) in [5.74, 6) is 0.596. The third-order valence-corrected chi connectivity index (χ3v) is 3.46. The zero-order chi connectivity index (χ0) is 13.9. The van der Waals surface area contributed by atoms with E-state index in [1.807, 2.05) is 0 Å². The molecule has 2 heterocycles. The monoisotopic (exact) mass is 282 g/mol. The summed E-state index contributed by atoms with van der Waals surface area (Å²) in [6, 6.07) is 2.96. The normalized spacial score (nSPS) is 13.4. The standard InChI is InChI=1S/C11H14N4O3S/c1-19(16,17)6-4-9(12)11-14-10(15-18-11)8-3-2-5-13-7-8/h2-3,5,7,9H,4,6,12H2,1H3/t9-/m0/s1. The molecule has 8 heteroatoms. The van der Waals surface area contributed by atoms with Gasteiger partial charge in [0.05, 0.1) is 11.8 Å². The minimum absolute atomic E-state index is 0.0151. The van der Waals surface area contributed by atoms with E-state index < -0.39 is 15.9 Å². The quantitative estimate of drug-likeness (QED) is 0.852. The number of sulfone groups is 1. The highest BCUT2D eigenvalue weighted by atomic mass is 32.2. The van der Waals surface area contributed by atoms with Crippen LogP contribution in [0.25, 0.3) is 11.4 Å². The highest BCUT2D eigenvalue weighted by molar-refractivity contribution is 7.90. The van der Waals surface area contributed by atoms with Crippen molar-refractivity contribution < 1.29 is 12.9 Å². The fourth-order valence-corrected chi connectivity index (χ4v) is 2.14. The van der Waals surface area contributed by atoms with E-state index in [-0.39, 0.29) is 18.1 Å². The molecule has 0 aliphatic heterocycles. The van der Waals surface area contributed by atoms with Gasteiger partial charge in [0.25, 0.3) is 0 Å². The Morgan fingerprint density at radius 2 is 2.26 bits per heavy atom. The van der Waals surface area contributed by atoms with Crippen molar-refractivity contribution in [1.82, 2.24) is 15.1 Å². The zero-order valence-corrected chi connectivity index (χ0v) is 11.2. The average Bonchev–Trinajstić information content (AvgIpc) is 2.86. The zero-order valence-electron chi connectivity index (χ0n) is 10.4. The molecule has 2 rings (SSSR count). The molecule has 0 bridgehead atoms. The minimum atomic E-state index is -3.05. The first-order valence-electron chi connectivity index (χ1n) is 5.63. The summed E-state index contributed by atoms with van der Waals surface area (Å²) in [4.78, 5) is 8.10. The molecule has 7 nitrogen and oxygen atoms in total. The van der Waals surface area contributed by atoms with Crippen molar-refractivity contribution in [2.45, 2.75) is 12.5 Å². The van der Waals surface area contributed by atoms with Gasteiger partial charge >= 0.3 is 0 Å². The van der Waals surface area contributed by atoms with Crippen LogP contribution >= 0.6 is 0 Å². The molecule has 19 heavy (non-hydrogen) atoms. The number of hydrogen-bond acceptors (Lipinski definition) is 7. The second kappa shape index (κ2) is 5.45. The van der Waals surface area contributed by atoms with Gasteiger partial charge in [0.15, 0.2) is 0 Å². The maximum atomic E-state index is 11.1. The summed E-state index contributed by atoms with van der Waals surface area (Å²) >= 11 is 0. The van der Waals surface area contributed by atoms with Crippen molar-refractivity contribution >= 4 is 9.84 Å². The largest absolute Gasteiger partial charge is 0.337 e. The Morgan fingerprint density at radius 1 is 1.47 bits per heavy atom. The summed E-state index contributed by atoms with van der Waals surface area (Å²) in [6.07, 6.45) is 4.65. The molecule has 0 aliphatic rings. The van der Waals surface area contributed by atoms with E-state index in [1.54, 1.807) is 24.5 Å². The van der Waals surface area contributed by atoms with Crippen LogP contribution in [0.4, 0.5) is 0 Å². The van der Waals surface area contributed by atoms with Crippen LogP contribution in [0.5, 0.6) is 0 Å². The van der Waals surface area contributed by atoms with Gasteiger partial charge in [-0.3, -0.25) is 4.98 Å². The first-order chi connectivity index (χ1) is 8.96. The number of nitrogens with two attached hydrogens (primary N) is 1. The molecule has 0 aromatic carbocycles. The van der Waals surface area contributed by atoms with Gasteiger partial charge in [-0.1, -0.05) is 5.16 Å². The second-order valence-corrected chi connectivity index (χ2v) is 6.48. The molecule has 2 aromatic heterocycles. The SMILES string of the molecule is CS(=O)(=O)CC[C@H](N)c1nc(-c2cccnc2)no1. The molecular formula is C11H14N4O3S. The van der Waals surface area contributed by atoms with Gasteiger partial charge in [-0.25, -0.2) is 8.42 Å². The summed E-state index contributed by atoms with van der Waals surface area (Å²) in [6.45, 7) is 0. The Bertz CT molecular complexity index is 639. The topological polar surface area (TPSA) is 112 Å². The van der Waals surface area contributed by atoms with Crippen LogP contribution in [0.15, 0.2) is 29.0 Å². The molecule has 102 valence electrons. The molecule has 0 spiro atoms. The van der Waals surface area contributed by atoms with Gasteiger partial charge < -0.3 is 10.3 Å². The maximum Gasteiger partial charge on any atom is 0.243 e. The Morgan fingerprint density at radius 3 is 2.89 bits per heavy atom. The Balaban J connectivity index is 2.09. The predicted molar refractivity (Wildman–Crippen MR) is 68.8 cm³/mol. The van der Waals surface area contributed by atoms with E-state index in [4.69, 9.17) is 10.3 Å². The molecule has 0 radical (unpaired) electrons. The molecule has 0 amide bonds. The molecule has 0 saturated carbocycles. The van der Waals surface area contributed by atoms with Gasteiger partial charge in [-0.2, -0.15) is 4.98 Å². The minimum Gasteiger partial charge on any atom is -0.337 e. The Hall–Kier alpha value is -1.80. The van der Waals surface area contributed by atoms with E-state index in [0.29, 0.717) is 11.4 Å². The maximum absolute atomic E-state index is 11.1. The third-order valence-electron chi connectivity index (χ3n) is 2.48. The molecule has 0 fully saturated rings. The lowest BCUT2D eigenvalue weighted by molar-refractivity contribution is 0.352. The van der Waals surface area contributed by atoms with Crippen molar-refractivity contribution in [3.63, 3.8) is 0 Å². The molecule has 1 atom stereocenters. The molecule has 0 saturated heterocycles. The third kappa shape index (κ3) is 3.83. The number of aromatic nitrogens is 3. The fraction of sp³-hybridized carbons (Fsp3) is 0.364. The van der Waals surface area contributed by atoms with Gasteiger partial charge in [-0.05, 0) is 18.6 Å². The summed E-state index contributed by atoms with van der Waals surface area (Å²) in [7, 11) is -3.05. The number of pyridine rings is 1. The van der Waals surface area contributed by atoms with E-state index >= 15 is 0 Å². The van der Waals surface area contributed by atoms with E-state index in [0.717, 1.165) is 6.26 Å². The van der Waals surface area contributed by atoms with Gasteiger partial charge in [-0.15, -0.1) is 0 Å². The smallest absolute Gasteiger partial charge is 0.243 e. The number of nitrogens with zero attached hydrogens (tertiary/aromatic N) is 3. The lowest BCUT2D eigenvalue weighted by Gasteiger charge is -2.04. The summed E-state index contributed by atoms with van der Waals surface area (Å²) in [5, 5.41) is 3.80. The van der Waals surface area contributed by atoms with Crippen LogP contribution in [-0.4, -0.2) is 35.6 Å². The first kappa shape index (κ1) is 13.6. The summed E-state index contributed by atoms with van der Waals surface area (Å²) < 4.78 is 27.2. The highest BCUT2D eigenvalue weighted by Gasteiger charge is 2.17. The van der Waals surface area contributed by atoms with Crippen LogP contribution in [0, 0.1) is 0 Å².